The number of rotatable bonds is 40. The van der Waals surface area contributed by atoms with Gasteiger partial charge in [0.2, 0.25) is 47.3 Å². The summed E-state index contributed by atoms with van der Waals surface area (Å²) in [5.74, 6) is -9.14. The molecule has 9 amide bonds. The molecule has 28 heteroatoms. The molecule has 0 unspecified atom stereocenters. The third-order valence-electron chi connectivity index (χ3n) is 11.7. The molecule has 0 bridgehead atoms. The number of unbranched alkanes of at least 4 members (excludes halogenated alkanes) is 1. The first-order valence-electron chi connectivity index (χ1n) is 25.3. The molecule has 0 radical (unpaired) electrons. The van der Waals surface area contributed by atoms with Crippen molar-refractivity contribution in [3.05, 3.63) is 0 Å². The quantitative estimate of drug-likeness (QED) is 0.0200. The zero-order valence-corrected chi connectivity index (χ0v) is 45.1. The highest BCUT2D eigenvalue weighted by Gasteiger charge is 2.36. The number of carboxylic acids is 1. The molecule has 0 saturated carbocycles. The maximum absolute atomic E-state index is 14.3. The predicted molar refractivity (Wildman–Crippen MR) is 275 cm³/mol. The van der Waals surface area contributed by atoms with E-state index in [-0.39, 0.29) is 63.3 Å². The van der Waals surface area contributed by atoms with Crippen molar-refractivity contribution in [1.82, 2.24) is 47.9 Å². The Morgan fingerprint density at radius 3 is 1.41 bits per heavy atom. The number of aliphatic carboxylic acids is 1. The minimum atomic E-state index is -1.64. The van der Waals surface area contributed by atoms with Crippen molar-refractivity contribution < 1.29 is 74.7 Å². The van der Waals surface area contributed by atoms with Crippen LogP contribution in [0.2, 0.25) is 0 Å². The molecule has 0 rings (SSSR count). The van der Waals surface area contributed by atoms with Crippen LogP contribution < -0.4 is 76.5 Å². The molecule has 0 heterocycles. The van der Waals surface area contributed by atoms with Crippen molar-refractivity contribution in [1.29, 1.82) is 0 Å². The monoisotopic (exact) mass is 1080 g/mol. The molecule has 24 N–H and O–H groups in total. The smallest absolute Gasteiger partial charge is 0.328 e. The van der Waals surface area contributed by atoms with Gasteiger partial charge in [-0.25, -0.2) is 4.79 Å². The first-order chi connectivity index (χ1) is 34.8. The molecule has 0 aromatic carbocycles. The van der Waals surface area contributed by atoms with E-state index in [1.54, 1.807) is 41.5 Å². The van der Waals surface area contributed by atoms with Crippen LogP contribution in [0.3, 0.4) is 0 Å². The number of carbonyl (C=O) groups excluding carboxylic acids is 9. The SMILES string of the molecule is CC[C@H](C)[C@H](NC(=O)[C@H](CCC(N)=O)NC(=O)[C@H](CO)NC(=O)[C@@H]([NH3+])CCSC)C(=O)N[C@@H](CCCC[NH3+])C(=O)N[C@@H](CCCNC(N)N)C(=O)N[C@@H](CC(C)C)C(=O)N[C@@H](CC(C)C)C(=O)N[C@@H](CO)C(=O)O. The van der Waals surface area contributed by atoms with Gasteiger partial charge in [0, 0.05) is 12.8 Å². The van der Waals surface area contributed by atoms with E-state index in [4.69, 9.17) is 17.2 Å². The molecule has 10 atom stereocenters. The second kappa shape index (κ2) is 37.5. The lowest BCUT2D eigenvalue weighted by Gasteiger charge is -2.30. The summed E-state index contributed by atoms with van der Waals surface area (Å²) in [5.41, 5.74) is 24.3. The van der Waals surface area contributed by atoms with Gasteiger partial charge in [0.05, 0.1) is 19.8 Å². The Hall–Kier alpha value is -5.23. The van der Waals surface area contributed by atoms with Crippen LogP contribution in [0, 0.1) is 17.8 Å². The van der Waals surface area contributed by atoms with Crippen molar-refractivity contribution in [3.8, 4) is 0 Å². The molecule has 74 heavy (non-hydrogen) atoms. The highest BCUT2D eigenvalue weighted by molar-refractivity contribution is 7.98. The Kier molecular flexibility index (Phi) is 34.8. The van der Waals surface area contributed by atoms with Crippen LogP contribution in [-0.2, 0) is 47.9 Å². The highest BCUT2D eigenvalue weighted by atomic mass is 32.2. The minimum Gasteiger partial charge on any atom is -0.480 e. The van der Waals surface area contributed by atoms with Crippen molar-refractivity contribution in [2.45, 2.75) is 173 Å². The van der Waals surface area contributed by atoms with Crippen LogP contribution in [0.25, 0.3) is 0 Å². The molecule has 27 nitrogen and oxygen atoms in total. The van der Waals surface area contributed by atoms with Crippen LogP contribution in [0.4, 0.5) is 0 Å². The van der Waals surface area contributed by atoms with Crippen LogP contribution in [0.1, 0.15) is 112 Å². The van der Waals surface area contributed by atoms with Crippen LogP contribution in [-0.4, -0.2) is 173 Å². The molecule has 0 aliphatic carbocycles. The Balaban J connectivity index is 6.86. The van der Waals surface area contributed by atoms with Gasteiger partial charge in [-0.2, -0.15) is 11.8 Å². The van der Waals surface area contributed by atoms with Gasteiger partial charge in [0.15, 0.2) is 6.04 Å². The Morgan fingerprint density at radius 1 is 0.554 bits per heavy atom. The normalized spacial score (nSPS) is 15.5. The van der Waals surface area contributed by atoms with Gasteiger partial charge in [0.1, 0.15) is 54.6 Å². The summed E-state index contributed by atoms with van der Waals surface area (Å²) in [6.45, 7) is 9.49. The topological polar surface area (TPSA) is 473 Å². The second-order valence-electron chi connectivity index (χ2n) is 19.2. The van der Waals surface area contributed by atoms with Crippen molar-refractivity contribution in [2.24, 2.45) is 35.0 Å². The third kappa shape index (κ3) is 27.9. The molecule has 0 fully saturated rings. The maximum atomic E-state index is 14.3. The Bertz CT molecular complexity index is 1800. The van der Waals surface area contributed by atoms with Crippen molar-refractivity contribution >= 4 is 70.9 Å². The number of thioether (sulfide) groups is 1. The van der Waals surface area contributed by atoms with Gasteiger partial charge in [-0.15, -0.1) is 0 Å². The zero-order valence-electron chi connectivity index (χ0n) is 44.3. The fourth-order valence-electron chi connectivity index (χ4n) is 7.24. The van der Waals surface area contributed by atoms with E-state index < -0.39 is 139 Å². The summed E-state index contributed by atoms with van der Waals surface area (Å²) in [7, 11) is 0. The van der Waals surface area contributed by atoms with Gasteiger partial charge < -0.3 is 86.5 Å². The number of primary amides is 1. The number of aliphatic hydroxyl groups is 2. The van der Waals surface area contributed by atoms with E-state index in [0.717, 1.165) is 0 Å². The van der Waals surface area contributed by atoms with Gasteiger partial charge in [-0.1, -0.05) is 48.0 Å². The summed E-state index contributed by atoms with van der Waals surface area (Å²) in [5, 5.41) is 52.2. The molecule has 0 aliphatic rings. The molecule has 0 aromatic heterocycles. The highest BCUT2D eigenvalue weighted by Crippen LogP contribution is 2.14. The number of aliphatic hydroxyl groups excluding tert-OH is 2. The number of nitrogens with two attached hydrogens (primary N) is 3. The van der Waals surface area contributed by atoms with E-state index in [1.807, 2.05) is 6.26 Å². The average molecular weight is 1080 g/mol. The number of carbonyl (C=O) groups is 10. The Morgan fingerprint density at radius 2 is 0.973 bits per heavy atom. The van der Waals surface area contributed by atoms with Gasteiger partial charge in [-0.3, -0.25) is 48.5 Å². The first-order valence-corrected chi connectivity index (χ1v) is 26.7. The van der Waals surface area contributed by atoms with E-state index in [9.17, 15) is 63.3 Å². The molecule has 0 aliphatic heterocycles. The summed E-state index contributed by atoms with van der Waals surface area (Å²) in [6, 6.07) is -11.8. The summed E-state index contributed by atoms with van der Waals surface area (Å²) < 4.78 is 0. The second-order valence-corrected chi connectivity index (χ2v) is 20.2. The molecule has 0 spiro atoms. The number of hydrogen-bond acceptors (Lipinski definition) is 16. The van der Waals surface area contributed by atoms with E-state index in [1.165, 1.54) is 11.8 Å². The fourth-order valence-corrected chi connectivity index (χ4v) is 7.76. The summed E-state index contributed by atoms with van der Waals surface area (Å²) >= 11 is 1.49. The van der Waals surface area contributed by atoms with Crippen molar-refractivity contribution in [2.75, 3.05) is 38.3 Å². The summed E-state index contributed by atoms with van der Waals surface area (Å²) in [4.78, 5) is 134. The minimum absolute atomic E-state index is 0.0261. The van der Waals surface area contributed by atoms with E-state index >= 15 is 0 Å². The lowest BCUT2D eigenvalue weighted by molar-refractivity contribution is -0.404. The molecular weight excluding hydrogens is 989 g/mol. The Labute approximate surface area is 438 Å². The molecular formula is C46H90N14O13S+2. The van der Waals surface area contributed by atoms with Crippen molar-refractivity contribution in [3.63, 3.8) is 0 Å². The van der Waals surface area contributed by atoms with Crippen LogP contribution in [0.15, 0.2) is 0 Å². The molecule has 0 aromatic rings. The maximum Gasteiger partial charge on any atom is 0.328 e. The number of carboxylic acid groups (broad SMARTS) is 1. The molecule has 0 saturated heterocycles. The van der Waals surface area contributed by atoms with Crippen LogP contribution >= 0.6 is 11.8 Å². The molecule has 426 valence electrons. The zero-order chi connectivity index (χ0) is 56.7. The van der Waals surface area contributed by atoms with E-state index in [0.29, 0.717) is 38.0 Å². The number of amides is 9. The fraction of sp³-hybridized carbons (Fsp3) is 0.783. The van der Waals surface area contributed by atoms with Gasteiger partial charge in [-0.05, 0) is 87.7 Å². The summed E-state index contributed by atoms with van der Waals surface area (Å²) in [6.07, 6.45) is 2.31. The third-order valence-corrected chi connectivity index (χ3v) is 12.4. The van der Waals surface area contributed by atoms with Crippen LogP contribution in [0.5, 0.6) is 0 Å². The number of nitrogens with one attached hydrogen (secondary N) is 9. The van der Waals surface area contributed by atoms with E-state index in [2.05, 4.69) is 59.3 Å². The standard InChI is InChI=1S/C46H88N14O13S/c1-8-26(6)36(60-40(67)30(14-15-35(49)63)54-43(70)33(22-61)58-37(64)27(48)16-19-74-7)44(71)55-28(12-9-10-17-47)38(65)53-29(13-11-18-52-46(50)51)39(66)56-31(20-24(2)3)41(68)57-32(21-25(4)5)42(69)59-34(23-62)45(72)73/h24-34,36,46,52,61-62H,8-23,47-48,50-51H2,1-7H3,(H2,49,63)(H,53,65)(H,54,70)(H,55,71)(H,56,66)(H,57,68)(H,58,64)(H,59,69)(H,60,67)(H,72,73)/p+2/t26-,27-,28-,29-,30-,31-,32-,33-,34-,36-/m0/s1. The van der Waals surface area contributed by atoms with Gasteiger partial charge >= 0.3 is 5.97 Å². The largest absolute Gasteiger partial charge is 0.480 e. The lowest BCUT2D eigenvalue weighted by Crippen LogP contribution is -2.69. The first kappa shape index (κ1) is 68.8. The predicted octanol–water partition coefficient (Wildman–Crippen LogP) is -6.32. The number of hydrogen-bond donors (Lipinski definition) is 17. The van der Waals surface area contributed by atoms with Gasteiger partial charge in [0.25, 0.3) is 5.91 Å². The average Bonchev–Trinajstić information content (AvgIpc) is 3.33. The number of quaternary nitrogens is 2. The lowest BCUT2D eigenvalue weighted by atomic mass is 9.96.